The molecule has 0 bridgehead atoms. The van der Waals surface area contributed by atoms with Gasteiger partial charge in [-0.15, -0.1) is 0 Å². The summed E-state index contributed by atoms with van der Waals surface area (Å²) in [6.07, 6.45) is 3.77. The summed E-state index contributed by atoms with van der Waals surface area (Å²) in [6, 6.07) is 5.93. The van der Waals surface area contributed by atoms with Gasteiger partial charge in [-0.2, -0.15) is 12.6 Å². The summed E-state index contributed by atoms with van der Waals surface area (Å²) < 4.78 is 5.34. The summed E-state index contributed by atoms with van der Waals surface area (Å²) in [6.45, 7) is 12.3. The summed E-state index contributed by atoms with van der Waals surface area (Å²) >= 11 is 4.32. The van der Waals surface area contributed by atoms with Crippen molar-refractivity contribution in [3.8, 4) is 0 Å². The molecule has 0 aliphatic carbocycles. The molecule has 0 fully saturated rings. The fourth-order valence-electron chi connectivity index (χ4n) is 3.53. The molecule has 8 heteroatoms. The van der Waals surface area contributed by atoms with E-state index in [0.29, 0.717) is 13.1 Å². The van der Waals surface area contributed by atoms with E-state index < -0.39 is 23.8 Å². The molecule has 3 amide bonds. The lowest BCUT2D eigenvalue weighted by atomic mass is 10.0. The number of aryl methyl sites for hydroxylation is 1. The fourth-order valence-corrected chi connectivity index (χ4v) is 3.78. The number of benzene rings is 1. The molecule has 1 rings (SSSR count). The highest BCUT2D eigenvalue weighted by Crippen LogP contribution is 2.24. The van der Waals surface area contributed by atoms with E-state index in [0.717, 1.165) is 43.2 Å². The third-order valence-corrected chi connectivity index (χ3v) is 5.57. The van der Waals surface area contributed by atoms with Gasteiger partial charge in [-0.05, 0) is 46.1 Å². The van der Waals surface area contributed by atoms with E-state index in [9.17, 15) is 14.4 Å². The van der Waals surface area contributed by atoms with E-state index in [1.807, 2.05) is 31.2 Å². The number of nitrogens with one attached hydrogen (secondary N) is 2. The average Bonchev–Trinajstić information content (AvgIpc) is 2.75. The Hall–Kier alpha value is -2.22. The molecule has 0 saturated carbocycles. The maximum absolute atomic E-state index is 13.7. The van der Waals surface area contributed by atoms with Crippen LogP contribution < -0.4 is 10.6 Å². The van der Waals surface area contributed by atoms with Gasteiger partial charge in [-0.25, -0.2) is 4.79 Å². The van der Waals surface area contributed by atoms with Crippen molar-refractivity contribution in [2.75, 3.05) is 18.8 Å². The zero-order valence-electron chi connectivity index (χ0n) is 21.6. The van der Waals surface area contributed by atoms with E-state index in [1.165, 1.54) is 0 Å². The van der Waals surface area contributed by atoms with Crippen molar-refractivity contribution >= 4 is 30.5 Å². The Bertz CT molecular complexity index is 794. The Labute approximate surface area is 210 Å². The van der Waals surface area contributed by atoms with Crippen LogP contribution >= 0.6 is 12.6 Å². The minimum atomic E-state index is -0.921. The second kappa shape index (κ2) is 14.9. The molecule has 0 aliphatic heterocycles. The van der Waals surface area contributed by atoms with Gasteiger partial charge in [0.2, 0.25) is 11.8 Å². The SMILES string of the molecule is CCCCCN(C(=O)C(CS)NC(=O)OC(C)(C)C)C(C(=O)NCCCC)c1cccc(C)c1. The van der Waals surface area contributed by atoms with Crippen molar-refractivity contribution < 1.29 is 19.1 Å². The fraction of sp³-hybridized carbons (Fsp3) is 0.654. The van der Waals surface area contributed by atoms with Gasteiger partial charge in [0.1, 0.15) is 17.7 Å². The number of rotatable bonds is 13. The molecule has 0 heterocycles. The molecule has 2 atom stereocenters. The second-order valence-corrected chi connectivity index (χ2v) is 9.95. The minimum Gasteiger partial charge on any atom is -0.444 e. The van der Waals surface area contributed by atoms with Gasteiger partial charge in [0.25, 0.3) is 0 Å². The first-order chi connectivity index (χ1) is 16.0. The molecule has 1 aromatic carbocycles. The molecule has 2 N–H and O–H groups in total. The van der Waals surface area contributed by atoms with Crippen molar-refractivity contribution in [1.29, 1.82) is 0 Å². The van der Waals surface area contributed by atoms with Crippen LogP contribution in [0.15, 0.2) is 24.3 Å². The van der Waals surface area contributed by atoms with E-state index in [2.05, 4.69) is 37.1 Å². The predicted octanol–water partition coefficient (Wildman–Crippen LogP) is 4.79. The monoisotopic (exact) mass is 493 g/mol. The van der Waals surface area contributed by atoms with E-state index in [-0.39, 0.29) is 17.6 Å². The molecule has 0 radical (unpaired) electrons. The lowest BCUT2D eigenvalue weighted by molar-refractivity contribution is -0.142. The van der Waals surface area contributed by atoms with Crippen LogP contribution in [0.1, 0.15) is 83.9 Å². The Morgan fingerprint density at radius 3 is 2.32 bits per heavy atom. The van der Waals surface area contributed by atoms with Gasteiger partial charge in [0, 0.05) is 18.8 Å². The molecular formula is C26H43N3O4S. The molecule has 0 aliphatic rings. The van der Waals surface area contributed by atoms with Crippen LogP contribution in [0.2, 0.25) is 0 Å². The summed E-state index contributed by atoms with van der Waals surface area (Å²) in [4.78, 5) is 41.1. The number of nitrogens with zero attached hydrogens (tertiary/aromatic N) is 1. The number of carbonyl (C=O) groups excluding carboxylic acids is 3. The quantitative estimate of drug-likeness (QED) is 0.272. The average molecular weight is 494 g/mol. The zero-order valence-corrected chi connectivity index (χ0v) is 22.5. The number of hydrogen-bond acceptors (Lipinski definition) is 5. The van der Waals surface area contributed by atoms with Crippen molar-refractivity contribution in [2.45, 2.75) is 91.3 Å². The number of amides is 3. The summed E-state index contributed by atoms with van der Waals surface area (Å²) in [7, 11) is 0. The highest BCUT2D eigenvalue weighted by molar-refractivity contribution is 7.80. The maximum atomic E-state index is 13.7. The summed E-state index contributed by atoms with van der Waals surface area (Å²) in [5.41, 5.74) is 1.05. The lowest BCUT2D eigenvalue weighted by Crippen LogP contribution is -2.54. The predicted molar refractivity (Wildman–Crippen MR) is 140 cm³/mol. The first kappa shape index (κ1) is 29.8. The molecule has 0 aromatic heterocycles. The standard InChI is InChI=1S/C26H43N3O4S/c1-7-9-11-16-29(24(31)21(18-34)28-25(32)33-26(4,5)6)22(23(30)27-15-10-8-2)20-14-12-13-19(3)17-20/h12-14,17,21-22,34H,7-11,15-16,18H2,1-6H3,(H,27,30)(H,28,32). The van der Waals surface area contributed by atoms with Crippen LogP contribution in [-0.2, 0) is 14.3 Å². The molecule has 192 valence electrons. The number of unbranched alkanes of at least 4 members (excludes halogenated alkanes) is 3. The van der Waals surface area contributed by atoms with Crippen LogP contribution in [0.3, 0.4) is 0 Å². The summed E-state index contributed by atoms with van der Waals surface area (Å²) in [5, 5.41) is 5.63. The topological polar surface area (TPSA) is 87.7 Å². The first-order valence-corrected chi connectivity index (χ1v) is 12.9. The van der Waals surface area contributed by atoms with Gasteiger partial charge in [-0.3, -0.25) is 9.59 Å². The Balaban J connectivity index is 3.32. The van der Waals surface area contributed by atoms with E-state index >= 15 is 0 Å². The van der Waals surface area contributed by atoms with Crippen LogP contribution in [-0.4, -0.2) is 53.3 Å². The normalized spacial score (nSPS) is 13.0. The van der Waals surface area contributed by atoms with Crippen LogP contribution in [0.25, 0.3) is 0 Å². The van der Waals surface area contributed by atoms with E-state index in [1.54, 1.807) is 25.7 Å². The maximum Gasteiger partial charge on any atom is 0.408 e. The molecular weight excluding hydrogens is 450 g/mol. The number of carbonyl (C=O) groups is 3. The highest BCUT2D eigenvalue weighted by Gasteiger charge is 2.35. The number of thiol groups is 1. The van der Waals surface area contributed by atoms with Crippen LogP contribution in [0, 0.1) is 6.92 Å². The number of hydrogen-bond donors (Lipinski definition) is 3. The highest BCUT2D eigenvalue weighted by atomic mass is 32.1. The molecule has 0 spiro atoms. The third kappa shape index (κ3) is 10.4. The van der Waals surface area contributed by atoms with E-state index in [4.69, 9.17) is 4.74 Å². The number of alkyl carbamates (subject to hydrolysis) is 1. The Morgan fingerprint density at radius 1 is 1.09 bits per heavy atom. The molecule has 2 unspecified atom stereocenters. The van der Waals surface area contributed by atoms with Gasteiger partial charge in [0.15, 0.2) is 0 Å². The van der Waals surface area contributed by atoms with Crippen LogP contribution in [0.4, 0.5) is 4.79 Å². The number of ether oxygens (including phenoxy) is 1. The van der Waals surface area contributed by atoms with Crippen molar-refractivity contribution in [3.63, 3.8) is 0 Å². The molecule has 34 heavy (non-hydrogen) atoms. The Kier molecular flexibility index (Phi) is 13.1. The Morgan fingerprint density at radius 2 is 1.76 bits per heavy atom. The third-order valence-electron chi connectivity index (χ3n) is 5.20. The molecule has 0 saturated heterocycles. The lowest BCUT2D eigenvalue weighted by Gasteiger charge is -2.34. The van der Waals surface area contributed by atoms with Gasteiger partial charge in [-0.1, -0.05) is 62.9 Å². The largest absolute Gasteiger partial charge is 0.444 e. The minimum absolute atomic E-state index is 0.0837. The molecule has 1 aromatic rings. The van der Waals surface area contributed by atoms with Gasteiger partial charge in [0.05, 0.1) is 0 Å². The molecule has 7 nitrogen and oxygen atoms in total. The second-order valence-electron chi connectivity index (χ2n) is 9.58. The van der Waals surface area contributed by atoms with Crippen molar-refractivity contribution in [2.24, 2.45) is 0 Å². The van der Waals surface area contributed by atoms with Gasteiger partial charge >= 0.3 is 6.09 Å². The van der Waals surface area contributed by atoms with Gasteiger partial charge < -0.3 is 20.3 Å². The van der Waals surface area contributed by atoms with Crippen molar-refractivity contribution in [3.05, 3.63) is 35.4 Å². The summed E-state index contributed by atoms with van der Waals surface area (Å²) in [5.74, 6) is -0.492. The van der Waals surface area contributed by atoms with Crippen LogP contribution in [0.5, 0.6) is 0 Å². The zero-order chi connectivity index (χ0) is 25.7. The smallest absolute Gasteiger partial charge is 0.408 e. The van der Waals surface area contributed by atoms with Crippen molar-refractivity contribution in [1.82, 2.24) is 15.5 Å². The first-order valence-electron chi connectivity index (χ1n) is 12.3.